The first-order valence-electron chi connectivity index (χ1n) is 11.6. The molecular weight excluding hydrogens is 384 g/mol. The zero-order valence-corrected chi connectivity index (χ0v) is 20.0. The fourth-order valence-corrected chi connectivity index (χ4v) is 4.33. The molecule has 0 aromatic heterocycles. The molecule has 0 fully saturated rings. The van der Waals surface area contributed by atoms with Gasteiger partial charge in [0.05, 0.1) is 18.1 Å². The number of hydrogen-bond acceptors (Lipinski definition) is 3. The number of ether oxygens (including phenoxy) is 2. The second kappa shape index (κ2) is 9.56. The Morgan fingerprint density at radius 2 is 1.68 bits per heavy atom. The van der Waals surface area contributed by atoms with Gasteiger partial charge in [-0.2, -0.15) is 0 Å². The Morgan fingerprint density at radius 1 is 1.00 bits per heavy atom. The van der Waals surface area contributed by atoms with Gasteiger partial charge in [-0.1, -0.05) is 76.2 Å². The number of fused-ring (bicyclic) bond motifs is 1. The van der Waals surface area contributed by atoms with Crippen LogP contribution in [0.25, 0.3) is 0 Å². The number of rotatable bonds is 9. The topological polar surface area (TPSA) is 35.5 Å². The van der Waals surface area contributed by atoms with E-state index in [9.17, 15) is 4.79 Å². The molecule has 2 aromatic carbocycles. The smallest absolute Gasteiger partial charge is 0.311 e. The molecule has 0 saturated carbocycles. The maximum absolute atomic E-state index is 12.8. The average molecular weight is 423 g/mol. The van der Waals surface area contributed by atoms with Gasteiger partial charge in [0, 0.05) is 6.42 Å². The second-order valence-electron chi connectivity index (χ2n) is 10.5. The molecule has 0 amide bonds. The van der Waals surface area contributed by atoms with Crippen molar-refractivity contribution in [2.24, 2.45) is 5.41 Å². The van der Waals surface area contributed by atoms with E-state index in [-0.39, 0.29) is 17.5 Å². The zero-order chi connectivity index (χ0) is 22.6. The lowest BCUT2D eigenvalue weighted by atomic mass is 9.78. The molecule has 0 heterocycles. The molecule has 0 spiro atoms. The normalized spacial score (nSPS) is 16.9. The summed E-state index contributed by atoms with van der Waals surface area (Å²) in [4.78, 5) is 12.8. The van der Waals surface area contributed by atoms with E-state index in [0.717, 1.165) is 19.3 Å². The number of benzene rings is 2. The van der Waals surface area contributed by atoms with Crippen LogP contribution in [0.15, 0.2) is 48.5 Å². The van der Waals surface area contributed by atoms with Crippen molar-refractivity contribution in [1.29, 1.82) is 0 Å². The van der Waals surface area contributed by atoms with Gasteiger partial charge in [-0.3, -0.25) is 4.79 Å². The molecule has 1 aliphatic rings. The fraction of sp³-hybridized carbons (Fsp3) is 0.536. The number of carbonyl (C=O) groups is 1. The zero-order valence-electron chi connectivity index (χ0n) is 20.0. The number of hydrogen-bond donors (Lipinski definition) is 0. The highest BCUT2D eigenvalue weighted by Crippen LogP contribution is 2.37. The van der Waals surface area contributed by atoms with Gasteiger partial charge in [-0.15, -0.1) is 0 Å². The first-order valence-corrected chi connectivity index (χ1v) is 11.6. The van der Waals surface area contributed by atoms with Gasteiger partial charge >= 0.3 is 5.97 Å². The minimum atomic E-state index is -0.535. The van der Waals surface area contributed by atoms with Crippen LogP contribution >= 0.6 is 0 Å². The Bertz CT molecular complexity index is 874. The van der Waals surface area contributed by atoms with Crippen LogP contribution in [-0.2, 0) is 26.1 Å². The molecule has 31 heavy (non-hydrogen) atoms. The molecule has 0 radical (unpaired) electrons. The lowest BCUT2D eigenvalue weighted by molar-refractivity contribution is -0.157. The van der Waals surface area contributed by atoms with Crippen LogP contribution in [0.4, 0.5) is 0 Å². The summed E-state index contributed by atoms with van der Waals surface area (Å²) in [5, 5.41) is 0. The van der Waals surface area contributed by atoms with Crippen LogP contribution in [-0.4, -0.2) is 19.2 Å². The van der Waals surface area contributed by atoms with Crippen molar-refractivity contribution in [2.45, 2.75) is 78.2 Å². The van der Waals surface area contributed by atoms with E-state index in [4.69, 9.17) is 9.47 Å². The van der Waals surface area contributed by atoms with E-state index < -0.39 is 5.41 Å². The number of carbonyl (C=O) groups excluding carboxylic acids is 1. The van der Waals surface area contributed by atoms with Crippen molar-refractivity contribution < 1.29 is 14.3 Å². The van der Waals surface area contributed by atoms with Crippen molar-refractivity contribution in [3.05, 3.63) is 70.8 Å². The lowest BCUT2D eigenvalue weighted by Crippen LogP contribution is -2.30. The molecule has 0 aliphatic heterocycles. The van der Waals surface area contributed by atoms with E-state index in [2.05, 4.69) is 70.2 Å². The highest BCUT2D eigenvalue weighted by molar-refractivity contribution is 5.76. The van der Waals surface area contributed by atoms with Crippen LogP contribution in [0.1, 0.15) is 88.7 Å². The summed E-state index contributed by atoms with van der Waals surface area (Å²) in [5.41, 5.74) is 4.85. The summed E-state index contributed by atoms with van der Waals surface area (Å²) in [7, 11) is 0. The molecule has 3 nitrogen and oxygen atoms in total. The summed E-state index contributed by atoms with van der Waals surface area (Å²) in [6, 6.07) is 17.2. The van der Waals surface area contributed by atoms with Crippen LogP contribution in [0, 0.1) is 5.41 Å². The molecular formula is C28H38O3. The maximum Gasteiger partial charge on any atom is 0.311 e. The van der Waals surface area contributed by atoms with Crippen LogP contribution in [0.5, 0.6) is 0 Å². The molecule has 1 aliphatic carbocycles. The maximum atomic E-state index is 12.8. The van der Waals surface area contributed by atoms with Crippen molar-refractivity contribution in [2.75, 3.05) is 13.2 Å². The molecule has 2 unspecified atom stereocenters. The molecule has 0 bridgehead atoms. The molecule has 3 heteroatoms. The Morgan fingerprint density at radius 3 is 2.29 bits per heavy atom. The highest BCUT2D eigenvalue weighted by atomic mass is 16.6. The van der Waals surface area contributed by atoms with Gasteiger partial charge in [-0.25, -0.2) is 0 Å². The summed E-state index contributed by atoms with van der Waals surface area (Å²) in [6.45, 7) is 13.6. The Balaban J connectivity index is 1.48. The molecule has 3 rings (SSSR count). The van der Waals surface area contributed by atoms with Gasteiger partial charge in [0.25, 0.3) is 0 Å². The van der Waals surface area contributed by atoms with Crippen LogP contribution < -0.4 is 0 Å². The number of esters is 1. The summed E-state index contributed by atoms with van der Waals surface area (Å²) in [6.07, 6.45) is 2.86. The molecule has 2 atom stereocenters. The molecule has 168 valence electrons. The predicted octanol–water partition coefficient (Wildman–Crippen LogP) is 6.75. The van der Waals surface area contributed by atoms with E-state index >= 15 is 0 Å². The predicted molar refractivity (Wildman–Crippen MR) is 126 cm³/mol. The van der Waals surface area contributed by atoms with Crippen LogP contribution in [0.3, 0.4) is 0 Å². The Labute approximate surface area is 188 Å². The van der Waals surface area contributed by atoms with E-state index in [1.165, 1.54) is 22.3 Å². The monoisotopic (exact) mass is 422 g/mol. The summed E-state index contributed by atoms with van der Waals surface area (Å²) in [5.74, 6) is 0.189. The van der Waals surface area contributed by atoms with E-state index in [1.54, 1.807) is 0 Å². The summed E-state index contributed by atoms with van der Waals surface area (Å²) >= 11 is 0. The molecule has 2 aromatic rings. The first-order chi connectivity index (χ1) is 14.6. The van der Waals surface area contributed by atoms with Gasteiger partial charge in [-0.05, 0) is 60.3 Å². The van der Waals surface area contributed by atoms with Crippen molar-refractivity contribution >= 4 is 5.97 Å². The van der Waals surface area contributed by atoms with Crippen molar-refractivity contribution in [3.8, 4) is 0 Å². The largest absolute Gasteiger partial charge is 0.463 e. The van der Waals surface area contributed by atoms with Gasteiger partial charge < -0.3 is 9.47 Å². The first kappa shape index (κ1) is 23.5. The molecule has 0 saturated heterocycles. The Kier molecular flexibility index (Phi) is 7.26. The third kappa shape index (κ3) is 5.77. The second-order valence-corrected chi connectivity index (χ2v) is 10.5. The quantitative estimate of drug-likeness (QED) is 0.331. The highest BCUT2D eigenvalue weighted by Gasteiger charge is 2.33. The standard InChI is InChI=1S/C28H38O3/c1-7-20(21-12-14-23(15-13-21)27(2,3)4)19-28(5,6)26(29)31-17-16-30-25-18-22-10-8-9-11-24(22)25/h8-15,20,25H,7,16-19H2,1-6H3. The van der Waals surface area contributed by atoms with E-state index in [1.807, 2.05) is 19.9 Å². The van der Waals surface area contributed by atoms with Crippen molar-refractivity contribution in [1.82, 2.24) is 0 Å². The third-order valence-corrected chi connectivity index (χ3v) is 6.49. The van der Waals surface area contributed by atoms with Gasteiger partial charge in [0.1, 0.15) is 6.61 Å². The summed E-state index contributed by atoms with van der Waals surface area (Å²) < 4.78 is 11.5. The fourth-order valence-electron chi connectivity index (χ4n) is 4.33. The minimum absolute atomic E-state index is 0.142. The van der Waals surface area contributed by atoms with Crippen molar-refractivity contribution in [3.63, 3.8) is 0 Å². The minimum Gasteiger partial charge on any atom is -0.463 e. The van der Waals surface area contributed by atoms with Gasteiger partial charge in [0.15, 0.2) is 0 Å². The average Bonchev–Trinajstić information content (AvgIpc) is 2.71. The Hall–Kier alpha value is -2.13. The molecule has 0 N–H and O–H groups in total. The van der Waals surface area contributed by atoms with Gasteiger partial charge in [0.2, 0.25) is 0 Å². The lowest BCUT2D eigenvalue weighted by Gasteiger charge is -2.30. The van der Waals surface area contributed by atoms with E-state index in [0.29, 0.717) is 19.1 Å². The van der Waals surface area contributed by atoms with Crippen LogP contribution in [0.2, 0.25) is 0 Å². The SMILES string of the molecule is CCC(CC(C)(C)C(=O)OCCOC1Cc2ccccc21)c1ccc(C(C)(C)C)cc1. The third-order valence-electron chi connectivity index (χ3n) is 6.49.